The lowest BCUT2D eigenvalue weighted by Gasteiger charge is -2.07. The molecular formula is C11H15ClF2N2O3S. The van der Waals surface area contributed by atoms with Crippen LogP contribution in [0.4, 0.5) is 14.5 Å². The van der Waals surface area contributed by atoms with Crippen molar-refractivity contribution in [3.63, 3.8) is 0 Å². The van der Waals surface area contributed by atoms with Gasteiger partial charge in [-0.1, -0.05) is 6.07 Å². The second-order valence-corrected chi connectivity index (χ2v) is 5.65. The standard InChI is InChI=1S/C11H14F2N2O3S.ClH/c1-14-6-5-10(16)15-8-3-2-4-9(7-8)19(17,18)11(12)13;/h2-4,7,11,14H,5-6H2,1H3,(H,15,16);1H. The number of carbonyl (C=O) groups excluding carboxylic acids is 1. The molecule has 5 nitrogen and oxygen atoms in total. The van der Waals surface area contributed by atoms with Gasteiger partial charge in [0.15, 0.2) is 0 Å². The molecule has 0 saturated carbocycles. The maximum Gasteiger partial charge on any atom is 0.341 e. The van der Waals surface area contributed by atoms with E-state index in [4.69, 9.17) is 0 Å². The molecular weight excluding hydrogens is 314 g/mol. The second kappa shape index (κ2) is 8.13. The van der Waals surface area contributed by atoms with E-state index < -0.39 is 20.5 Å². The molecule has 9 heteroatoms. The van der Waals surface area contributed by atoms with Crippen molar-refractivity contribution in [2.75, 3.05) is 18.9 Å². The van der Waals surface area contributed by atoms with Crippen LogP contribution in [0.5, 0.6) is 0 Å². The normalized spacial score (nSPS) is 11.0. The van der Waals surface area contributed by atoms with Crippen LogP contribution >= 0.6 is 12.4 Å². The third-order valence-corrected chi connectivity index (χ3v) is 3.66. The number of rotatable bonds is 6. The summed E-state index contributed by atoms with van der Waals surface area (Å²) >= 11 is 0. The van der Waals surface area contributed by atoms with Crippen molar-refractivity contribution >= 4 is 33.8 Å². The van der Waals surface area contributed by atoms with Crippen LogP contribution in [0.2, 0.25) is 0 Å². The molecule has 0 aliphatic rings. The molecule has 0 spiro atoms. The van der Waals surface area contributed by atoms with E-state index in [-0.39, 0.29) is 30.4 Å². The van der Waals surface area contributed by atoms with E-state index in [1.54, 1.807) is 7.05 Å². The Kier molecular flexibility index (Phi) is 7.62. The number of benzene rings is 1. The molecule has 0 bridgehead atoms. The molecule has 0 radical (unpaired) electrons. The highest BCUT2D eigenvalue weighted by atomic mass is 35.5. The van der Waals surface area contributed by atoms with E-state index >= 15 is 0 Å². The van der Waals surface area contributed by atoms with Gasteiger partial charge in [0.2, 0.25) is 15.7 Å². The predicted molar refractivity (Wildman–Crippen MR) is 74.1 cm³/mol. The zero-order chi connectivity index (χ0) is 14.5. The Bertz CT molecular complexity index is 552. The Labute approximate surface area is 122 Å². The number of hydrogen-bond donors (Lipinski definition) is 2. The predicted octanol–water partition coefficient (Wildman–Crippen LogP) is 1.65. The number of carbonyl (C=O) groups is 1. The maximum absolute atomic E-state index is 12.4. The quantitative estimate of drug-likeness (QED) is 0.832. The van der Waals surface area contributed by atoms with Crippen LogP contribution in [0.25, 0.3) is 0 Å². The molecule has 1 aromatic carbocycles. The van der Waals surface area contributed by atoms with Crippen molar-refractivity contribution in [2.45, 2.75) is 17.1 Å². The van der Waals surface area contributed by atoms with E-state index in [0.29, 0.717) is 6.54 Å². The summed E-state index contributed by atoms with van der Waals surface area (Å²) in [5.41, 5.74) is 0.169. The summed E-state index contributed by atoms with van der Waals surface area (Å²) in [4.78, 5) is 10.9. The topological polar surface area (TPSA) is 75.3 Å². The molecule has 0 saturated heterocycles. The van der Waals surface area contributed by atoms with Crippen LogP contribution in [0.3, 0.4) is 0 Å². The van der Waals surface area contributed by atoms with Gasteiger partial charge in [0.25, 0.3) is 0 Å². The molecule has 0 unspecified atom stereocenters. The van der Waals surface area contributed by atoms with Crippen LogP contribution in [0.1, 0.15) is 6.42 Å². The summed E-state index contributed by atoms with van der Waals surface area (Å²) in [5, 5.41) is 5.22. The van der Waals surface area contributed by atoms with Gasteiger partial charge in [0.1, 0.15) is 0 Å². The van der Waals surface area contributed by atoms with Gasteiger partial charge in [-0.25, -0.2) is 8.42 Å². The molecule has 1 rings (SSSR count). The number of sulfone groups is 1. The van der Waals surface area contributed by atoms with E-state index in [1.165, 1.54) is 12.1 Å². The highest BCUT2D eigenvalue weighted by molar-refractivity contribution is 7.91. The fourth-order valence-corrected chi connectivity index (χ4v) is 2.08. The van der Waals surface area contributed by atoms with Crippen molar-refractivity contribution < 1.29 is 22.0 Å². The second-order valence-electron chi connectivity index (χ2n) is 3.74. The first-order valence-electron chi connectivity index (χ1n) is 5.44. The van der Waals surface area contributed by atoms with Crippen LogP contribution in [-0.4, -0.2) is 33.7 Å². The minimum absolute atomic E-state index is 0. The van der Waals surface area contributed by atoms with E-state index in [0.717, 1.165) is 12.1 Å². The molecule has 0 heterocycles. The third kappa shape index (κ3) is 5.03. The Morgan fingerprint density at radius 2 is 2.00 bits per heavy atom. The monoisotopic (exact) mass is 328 g/mol. The van der Waals surface area contributed by atoms with Gasteiger partial charge in [0, 0.05) is 18.7 Å². The first kappa shape index (κ1) is 18.8. The first-order chi connectivity index (χ1) is 8.87. The van der Waals surface area contributed by atoms with E-state index in [2.05, 4.69) is 10.6 Å². The molecule has 1 aromatic rings. The van der Waals surface area contributed by atoms with Crippen LogP contribution in [0, 0.1) is 0 Å². The summed E-state index contributed by atoms with van der Waals surface area (Å²) in [6.07, 6.45) is 0.197. The van der Waals surface area contributed by atoms with E-state index in [1.807, 2.05) is 0 Å². The Morgan fingerprint density at radius 1 is 1.35 bits per heavy atom. The molecule has 0 fully saturated rings. The van der Waals surface area contributed by atoms with Crippen LogP contribution < -0.4 is 10.6 Å². The van der Waals surface area contributed by atoms with Crippen LogP contribution in [0.15, 0.2) is 29.2 Å². The van der Waals surface area contributed by atoms with Crippen molar-refractivity contribution in [2.24, 2.45) is 0 Å². The van der Waals surface area contributed by atoms with Crippen LogP contribution in [-0.2, 0) is 14.6 Å². The van der Waals surface area contributed by atoms with Gasteiger partial charge in [-0.15, -0.1) is 12.4 Å². The Hall–Kier alpha value is -1.25. The minimum Gasteiger partial charge on any atom is -0.326 e. The average molecular weight is 329 g/mol. The highest BCUT2D eigenvalue weighted by Gasteiger charge is 2.26. The summed E-state index contributed by atoms with van der Waals surface area (Å²) in [6, 6.07) is 4.80. The van der Waals surface area contributed by atoms with Gasteiger partial charge in [-0.3, -0.25) is 4.79 Å². The summed E-state index contributed by atoms with van der Waals surface area (Å²) < 4.78 is 47.3. The number of nitrogens with one attached hydrogen (secondary N) is 2. The SMILES string of the molecule is CNCCC(=O)Nc1cccc(S(=O)(=O)C(F)F)c1.Cl. The number of anilines is 1. The molecule has 0 aliphatic heterocycles. The molecule has 0 aliphatic carbocycles. The Morgan fingerprint density at radius 3 is 2.55 bits per heavy atom. The van der Waals surface area contributed by atoms with Crippen molar-refractivity contribution in [1.82, 2.24) is 5.32 Å². The average Bonchev–Trinajstić information content (AvgIpc) is 2.36. The molecule has 20 heavy (non-hydrogen) atoms. The lowest BCUT2D eigenvalue weighted by Crippen LogP contribution is -2.19. The molecule has 114 valence electrons. The number of alkyl halides is 2. The minimum atomic E-state index is -4.65. The number of halogens is 3. The first-order valence-corrected chi connectivity index (χ1v) is 6.99. The van der Waals surface area contributed by atoms with Crippen molar-refractivity contribution in [3.8, 4) is 0 Å². The van der Waals surface area contributed by atoms with E-state index in [9.17, 15) is 22.0 Å². The van der Waals surface area contributed by atoms with Crippen molar-refractivity contribution in [1.29, 1.82) is 0 Å². The smallest absolute Gasteiger partial charge is 0.326 e. The maximum atomic E-state index is 12.4. The summed E-state index contributed by atoms with van der Waals surface area (Å²) in [7, 11) is -2.97. The fourth-order valence-electron chi connectivity index (χ4n) is 1.32. The summed E-state index contributed by atoms with van der Waals surface area (Å²) in [6.45, 7) is 0.459. The lowest BCUT2D eigenvalue weighted by molar-refractivity contribution is -0.116. The molecule has 0 aromatic heterocycles. The molecule has 0 atom stereocenters. The van der Waals surface area contributed by atoms with Gasteiger partial charge >= 0.3 is 5.76 Å². The molecule has 2 N–H and O–H groups in total. The fraction of sp³-hybridized carbons (Fsp3) is 0.364. The zero-order valence-electron chi connectivity index (χ0n) is 10.6. The highest BCUT2D eigenvalue weighted by Crippen LogP contribution is 2.21. The largest absolute Gasteiger partial charge is 0.341 e. The Balaban J connectivity index is 0.00000361. The van der Waals surface area contributed by atoms with Gasteiger partial charge in [-0.2, -0.15) is 8.78 Å². The zero-order valence-corrected chi connectivity index (χ0v) is 12.2. The number of hydrogen-bond acceptors (Lipinski definition) is 4. The van der Waals surface area contributed by atoms with Gasteiger partial charge in [-0.05, 0) is 25.2 Å². The summed E-state index contributed by atoms with van der Waals surface area (Å²) in [5.74, 6) is -3.82. The third-order valence-electron chi connectivity index (χ3n) is 2.28. The molecule has 1 amide bonds. The lowest BCUT2D eigenvalue weighted by atomic mass is 10.3. The van der Waals surface area contributed by atoms with Gasteiger partial charge in [0.05, 0.1) is 4.90 Å². The number of amides is 1. The van der Waals surface area contributed by atoms with Crippen molar-refractivity contribution in [3.05, 3.63) is 24.3 Å². The van der Waals surface area contributed by atoms with Gasteiger partial charge < -0.3 is 10.6 Å².